The number of aliphatic hydroxyl groups is 5. The molecule has 3 heterocycles. The van der Waals surface area contributed by atoms with Gasteiger partial charge in [-0.15, -0.1) is 0 Å². The number of hydrogen-bond donors (Lipinski definition) is 9. The van der Waals surface area contributed by atoms with Gasteiger partial charge in [-0.2, -0.15) is 0 Å². The number of carboxylic acids is 1. The molecule has 2 aliphatic heterocycles. The molecule has 0 radical (unpaired) electrons. The second-order valence-electron chi connectivity index (χ2n) is 16.4. The number of benzene rings is 3. The number of rotatable bonds is 9. The number of H-pyrrole nitrogens is 1. The number of amides is 1. The number of nitrogens with one attached hydrogen (secondary N) is 1. The third-order valence-electron chi connectivity index (χ3n) is 13.2. The summed E-state index contributed by atoms with van der Waals surface area (Å²) in [4.78, 5) is 37.0. The molecule has 0 bridgehead atoms. The first-order chi connectivity index (χ1) is 28.8. The molecule has 1 saturated carbocycles. The molecule has 10 atom stereocenters. The molecule has 10 unspecified atom stereocenters. The Labute approximate surface area is 343 Å². The van der Waals surface area contributed by atoms with Crippen molar-refractivity contribution in [1.82, 2.24) is 9.97 Å². The van der Waals surface area contributed by atoms with Crippen LogP contribution in [0.2, 0.25) is 0 Å². The van der Waals surface area contributed by atoms with E-state index in [4.69, 9.17) is 9.47 Å². The van der Waals surface area contributed by atoms with Crippen molar-refractivity contribution in [2.45, 2.75) is 79.4 Å². The van der Waals surface area contributed by atoms with E-state index in [1.807, 2.05) is 24.3 Å². The van der Waals surface area contributed by atoms with E-state index in [9.17, 15) is 50.4 Å². The predicted molar refractivity (Wildman–Crippen MR) is 215 cm³/mol. The zero-order valence-corrected chi connectivity index (χ0v) is 32.2. The lowest BCUT2D eigenvalue weighted by Gasteiger charge is -2.52. The van der Waals surface area contributed by atoms with Crippen LogP contribution in [0, 0.1) is 11.8 Å². The van der Waals surface area contributed by atoms with Gasteiger partial charge in [0.2, 0.25) is 0 Å². The molecule has 5 aliphatic rings. The Bertz CT molecular complexity index is 2430. The Hall–Kier alpha value is -5.81. The van der Waals surface area contributed by atoms with Crippen molar-refractivity contribution in [2.75, 3.05) is 11.5 Å². The number of phenols is 2. The van der Waals surface area contributed by atoms with Crippen LogP contribution in [0.3, 0.4) is 0 Å². The molecule has 2 fully saturated rings. The number of carbonyl (C=O) groups is 2. The molecule has 4 aromatic rings. The topological polar surface area (TPSA) is 246 Å². The molecule has 60 heavy (non-hydrogen) atoms. The van der Waals surface area contributed by atoms with Gasteiger partial charge in [-0.05, 0) is 71.2 Å². The fourth-order valence-electron chi connectivity index (χ4n) is 10.5. The summed E-state index contributed by atoms with van der Waals surface area (Å²) in [6.45, 7) is -0.884. The Morgan fingerprint density at radius 2 is 1.83 bits per heavy atom. The van der Waals surface area contributed by atoms with E-state index in [1.165, 1.54) is 36.7 Å². The molecule has 1 saturated heterocycles. The van der Waals surface area contributed by atoms with Gasteiger partial charge in [0.05, 0.1) is 18.6 Å². The molecule has 9 N–H and O–H groups in total. The van der Waals surface area contributed by atoms with Crippen molar-refractivity contribution in [3.05, 3.63) is 125 Å². The summed E-state index contributed by atoms with van der Waals surface area (Å²) >= 11 is 0. The van der Waals surface area contributed by atoms with Gasteiger partial charge in [0.25, 0.3) is 5.91 Å². The van der Waals surface area contributed by atoms with Gasteiger partial charge in [-0.1, -0.05) is 67.5 Å². The Balaban J connectivity index is 1.17. The normalized spacial score (nSPS) is 32.7. The average Bonchev–Trinajstić information content (AvgIpc) is 3.98. The van der Waals surface area contributed by atoms with E-state index >= 15 is 0 Å². The number of nitrogens with zero attached hydrogens (tertiary/aromatic N) is 2. The lowest BCUT2D eigenvalue weighted by atomic mass is 9.51. The minimum atomic E-state index is -3.12. The van der Waals surface area contributed by atoms with E-state index in [0.29, 0.717) is 23.1 Å². The summed E-state index contributed by atoms with van der Waals surface area (Å²) in [5.41, 5.74) is 1.67. The molecule has 1 aromatic heterocycles. The minimum absolute atomic E-state index is 0.0291. The van der Waals surface area contributed by atoms with Crippen LogP contribution in [-0.2, 0) is 26.2 Å². The van der Waals surface area contributed by atoms with Crippen LogP contribution in [0.4, 0.5) is 5.69 Å². The molecule has 15 nitrogen and oxygen atoms in total. The molecular weight excluding hydrogens is 775 g/mol. The van der Waals surface area contributed by atoms with Gasteiger partial charge in [0.1, 0.15) is 24.1 Å². The van der Waals surface area contributed by atoms with Gasteiger partial charge in [-0.3, -0.25) is 9.69 Å². The van der Waals surface area contributed by atoms with Gasteiger partial charge in [0, 0.05) is 47.4 Å². The molecular formula is C45H45N3O12. The summed E-state index contributed by atoms with van der Waals surface area (Å²) in [7, 11) is 0. The maximum Gasteiger partial charge on any atom is 0.355 e. The zero-order chi connectivity index (χ0) is 42.1. The van der Waals surface area contributed by atoms with Crippen LogP contribution < -0.4 is 9.64 Å². The Morgan fingerprint density at radius 3 is 2.60 bits per heavy atom. The van der Waals surface area contributed by atoms with Crippen molar-refractivity contribution in [3.63, 3.8) is 0 Å². The highest BCUT2D eigenvalue weighted by molar-refractivity contribution is 6.13. The van der Waals surface area contributed by atoms with Gasteiger partial charge >= 0.3 is 11.9 Å². The summed E-state index contributed by atoms with van der Waals surface area (Å²) in [6.07, 6.45) is 9.69. The smallest absolute Gasteiger partial charge is 0.355 e. The van der Waals surface area contributed by atoms with Crippen LogP contribution in [-0.4, -0.2) is 105 Å². The number of allylic oxidation sites excluding steroid dienone is 2. The number of hydrogen-bond acceptors (Lipinski definition) is 12. The molecule has 15 heteroatoms. The SMILES string of the molecule is O=C(C=Cc1ccc(O)c(Cc2cnc[nH]2)c1)N1c2cc(OC3(O)OC(CO)C(O)C(O)C3O)c(O)cc2C2C(C34CCCCC3C=Cc3ccccc34)C=CC21C(=O)O. The van der Waals surface area contributed by atoms with Gasteiger partial charge in [0.15, 0.2) is 23.1 Å². The van der Waals surface area contributed by atoms with Crippen molar-refractivity contribution in [2.24, 2.45) is 11.8 Å². The first-order valence-corrected chi connectivity index (χ1v) is 20.0. The standard InChI is InChI=1S/C45H45N3O12/c49-22-36-39(53)40(54)41(55)45(58,60-36)59-35-20-32-29(19-34(35)51)38-31(43-15-4-3-6-27(43)11-10-25-5-1-2-7-30(25)43)14-16-44(38,42(56)57)48(32)37(52)13-9-24-8-12-33(50)26(17-24)18-28-21-46-23-47-28/h1-2,5,7-14,16-17,19-21,23,27,31,36,38-41,49-51,53-55,58H,3-4,6,15,18,22H2,(H,46,47)(H,56,57). The van der Waals surface area contributed by atoms with Crippen LogP contribution in [0.15, 0.2) is 91.4 Å². The zero-order valence-electron chi connectivity index (χ0n) is 32.2. The van der Waals surface area contributed by atoms with Gasteiger partial charge < -0.3 is 55.3 Å². The molecule has 312 valence electrons. The van der Waals surface area contributed by atoms with E-state index in [-0.39, 0.29) is 17.4 Å². The molecule has 3 aromatic carbocycles. The van der Waals surface area contributed by atoms with Crippen LogP contribution in [0.1, 0.15) is 65.1 Å². The molecule has 0 spiro atoms. The third kappa shape index (κ3) is 5.98. The number of fused-ring (bicyclic) bond motifs is 6. The number of aliphatic hydroxyl groups excluding tert-OH is 4. The van der Waals surface area contributed by atoms with Crippen molar-refractivity contribution < 1.29 is 59.9 Å². The lowest BCUT2D eigenvalue weighted by Crippen LogP contribution is -2.67. The first kappa shape index (κ1) is 39.6. The van der Waals surface area contributed by atoms with E-state index < -0.39 is 83.2 Å². The van der Waals surface area contributed by atoms with Crippen LogP contribution >= 0.6 is 0 Å². The van der Waals surface area contributed by atoms with Crippen molar-refractivity contribution in [1.29, 1.82) is 0 Å². The number of anilines is 1. The van der Waals surface area contributed by atoms with E-state index in [0.717, 1.165) is 47.4 Å². The van der Waals surface area contributed by atoms with Crippen LogP contribution in [0.25, 0.3) is 12.2 Å². The number of aromatic nitrogens is 2. The summed E-state index contributed by atoms with van der Waals surface area (Å²) < 4.78 is 11.0. The van der Waals surface area contributed by atoms with Crippen molar-refractivity contribution >= 4 is 29.7 Å². The highest BCUT2D eigenvalue weighted by atomic mass is 16.8. The predicted octanol–water partition coefficient (Wildman–Crippen LogP) is 3.22. The maximum atomic E-state index is 14.8. The summed E-state index contributed by atoms with van der Waals surface area (Å²) in [5.74, 6) is -7.72. The summed E-state index contributed by atoms with van der Waals surface area (Å²) in [5, 5.41) is 86.5. The largest absolute Gasteiger partial charge is 0.508 e. The first-order valence-electron chi connectivity index (χ1n) is 20.0. The van der Waals surface area contributed by atoms with Crippen LogP contribution in [0.5, 0.6) is 17.2 Å². The maximum absolute atomic E-state index is 14.8. The Morgan fingerprint density at radius 1 is 1.02 bits per heavy atom. The second-order valence-corrected chi connectivity index (χ2v) is 16.4. The average molecular weight is 820 g/mol. The number of aliphatic carboxylic acids is 1. The van der Waals surface area contributed by atoms with Crippen molar-refractivity contribution in [3.8, 4) is 17.2 Å². The third-order valence-corrected chi connectivity index (χ3v) is 13.2. The fourth-order valence-corrected chi connectivity index (χ4v) is 10.5. The fraction of sp³-hybridized carbons (Fsp3) is 0.356. The molecule has 9 rings (SSSR count). The number of imidazole rings is 1. The highest BCUT2D eigenvalue weighted by Crippen LogP contribution is 2.66. The number of aromatic amines is 1. The number of ether oxygens (including phenoxy) is 2. The monoisotopic (exact) mass is 819 g/mol. The second kappa shape index (κ2) is 14.7. The number of carboxylic acid groups (broad SMARTS) is 1. The van der Waals surface area contributed by atoms with Gasteiger partial charge in [-0.25, -0.2) is 9.78 Å². The number of aromatic hydroxyl groups is 2. The lowest BCUT2D eigenvalue weighted by molar-refractivity contribution is -0.422. The highest BCUT2D eigenvalue weighted by Gasteiger charge is 2.67. The minimum Gasteiger partial charge on any atom is -0.508 e. The van der Waals surface area contributed by atoms with E-state index in [2.05, 4.69) is 28.2 Å². The number of phenolic OH excluding ortho intramolecular Hbond substituents is 2. The number of carbonyl (C=O) groups excluding carboxylic acids is 1. The molecule has 1 amide bonds. The Kier molecular flexibility index (Phi) is 9.73. The van der Waals surface area contributed by atoms with E-state index in [1.54, 1.807) is 24.4 Å². The quantitative estimate of drug-likeness (QED) is 0.0670. The summed E-state index contributed by atoms with van der Waals surface area (Å²) in [6, 6.07) is 15.3. The molecule has 3 aliphatic carbocycles.